The van der Waals surface area contributed by atoms with E-state index in [1.165, 1.54) is 6.42 Å². The number of hydrogen-bond donors (Lipinski definition) is 2. The standard InChI is InChI=1S/C25H29N5O2/c1-17-28-22(13-23(29-17)24-8-5-11-32-24)21-16-30-10-9-19(21)12-20(30)15-27-25(31)26-14-18-6-3-2-4-7-18/h2-8,11,13,19-21H,9-10,12,14-16H2,1H3,(H2,26,27,31)/t19-,20+,21-/m0/s1. The number of aryl methyl sites for hydroxylation is 1. The molecule has 0 aliphatic carbocycles. The van der Waals surface area contributed by atoms with Gasteiger partial charge in [0.2, 0.25) is 0 Å². The molecule has 0 spiro atoms. The molecule has 0 saturated carbocycles. The van der Waals surface area contributed by atoms with Crippen LogP contribution >= 0.6 is 0 Å². The molecule has 3 fully saturated rings. The summed E-state index contributed by atoms with van der Waals surface area (Å²) < 4.78 is 5.55. The van der Waals surface area contributed by atoms with E-state index in [1.807, 2.05) is 49.4 Å². The summed E-state index contributed by atoms with van der Waals surface area (Å²) in [5.41, 5.74) is 3.05. The van der Waals surface area contributed by atoms with Gasteiger partial charge in [-0.3, -0.25) is 4.90 Å². The Kier molecular flexibility index (Phi) is 5.90. The van der Waals surface area contributed by atoms with Crippen LogP contribution in [0.3, 0.4) is 0 Å². The van der Waals surface area contributed by atoms with E-state index in [-0.39, 0.29) is 6.03 Å². The largest absolute Gasteiger partial charge is 0.463 e. The number of carbonyl (C=O) groups excluding carboxylic acids is 1. The molecule has 166 valence electrons. The summed E-state index contributed by atoms with van der Waals surface area (Å²) in [6.07, 6.45) is 3.91. The third-order valence-corrected chi connectivity index (χ3v) is 6.68. The minimum atomic E-state index is -0.109. The number of nitrogens with one attached hydrogen (secondary N) is 2. The first-order chi connectivity index (χ1) is 15.7. The van der Waals surface area contributed by atoms with Crippen LogP contribution < -0.4 is 10.6 Å². The van der Waals surface area contributed by atoms with Gasteiger partial charge in [0.05, 0.1) is 6.26 Å². The van der Waals surface area contributed by atoms with Gasteiger partial charge in [-0.1, -0.05) is 30.3 Å². The van der Waals surface area contributed by atoms with Crippen LogP contribution in [-0.4, -0.2) is 46.6 Å². The van der Waals surface area contributed by atoms with Gasteiger partial charge in [0.25, 0.3) is 0 Å². The summed E-state index contributed by atoms with van der Waals surface area (Å²) in [5, 5.41) is 6.02. The van der Waals surface area contributed by atoms with Crippen LogP contribution in [0.25, 0.3) is 11.5 Å². The van der Waals surface area contributed by atoms with Crippen molar-refractivity contribution < 1.29 is 9.21 Å². The molecule has 6 rings (SSSR count). The predicted octanol–water partition coefficient (Wildman–Crippen LogP) is 3.72. The zero-order chi connectivity index (χ0) is 21.9. The maximum Gasteiger partial charge on any atom is 0.315 e. The SMILES string of the molecule is Cc1nc(-c2ccco2)cc([C@H]2CN3CC[C@H]2C[C@@H]3CNC(=O)NCc2ccccc2)n1. The molecular formula is C25H29N5O2. The van der Waals surface area contributed by atoms with E-state index >= 15 is 0 Å². The van der Waals surface area contributed by atoms with E-state index < -0.39 is 0 Å². The number of urea groups is 1. The average molecular weight is 432 g/mol. The van der Waals surface area contributed by atoms with Crippen LogP contribution in [-0.2, 0) is 6.54 Å². The molecule has 7 nitrogen and oxygen atoms in total. The lowest BCUT2D eigenvalue weighted by molar-refractivity contribution is 0.0305. The molecule has 2 N–H and O–H groups in total. The Morgan fingerprint density at radius 1 is 1.16 bits per heavy atom. The van der Waals surface area contributed by atoms with E-state index in [9.17, 15) is 4.79 Å². The number of fused-ring (bicyclic) bond motifs is 3. The third-order valence-electron chi connectivity index (χ3n) is 6.68. The van der Waals surface area contributed by atoms with Crippen molar-refractivity contribution in [2.45, 2.75) is 38.3 Å². The molecule has 3 saturated heterocycles. The van der Waals surface area contributed by atoms with Gasteiger partial charge in [-0.15, -0.1) is 0 Å². The van der Waals surface area contributed by atoms with Gasteiger partial charge in [-0.25, -0.2) is 14.8 Å². The number of hydrogen-bond acceptors (Lipinski definition) is 5. The van der Waals surface area contributed by atoms with Crippen molar-refractivity contribution in [2.24, 2.45) is 5.92 Å². The highest BCUT2D eigenvalue weighted by Gasteiger charge is 2.41. The highest BCUT2D eigenvalue weighted by atomic mass is 16.3. The normalized spacial score (nSPS) is 24.3. The molecule has 4 atom stereocenters. The van der Waals surface area contributed by atoms with E-state index in [2.05, 4.69) is 26.6 Å². The summed E-state index contributed by atoms with van der Waals surface area (Å²) in [5.74, 6) is 2.51. The number of carbonyl (C=O) groups is 1. The second kappa shape index (κ2) is 9.12. The molecule has 1 unspecified atom stereocenters. The van der Waals surface area contributed by atoms with E-state index in [0.717, 1.165) is 48.0 Å². The molecule has 7 heteroatoms. The smallest absolute Gasteiger partial charge is 0.315 e. The Morgan fingerprint density at radius 2 is 2.03 bits per heavy atom. The quantitative estimate of drug-likeness (QED) is 0.622. The maximum absolute atomic E-state index is 12.3. The summed E-state index contributed by atoms with van der Waals surface area (Å²) in [7, 11) is 0. The molecule has 0 radical (unpaired) electrons. The minimum Gasteiger partial charge on any atom is -0.463 e. The van der Waals surface area contributed by atoms with E-state index in [1.54, 1.807) is 6.26 Å². The van der Waals surface area contributed by atoms with Crippen LogP contribution in [0, 0.1) is 12.8 Å². The van der Waals surface area contributed by atoms with Crippen molar-refractivity contribution in [3.05, 3.63) is 71.9 Å². The maximum atomic E-state index is 12.3. The highest BCUT2D eigenvalue weighted by Crippen LogP contribution is 2.41. The van der Waals surface area contributed by atoms with E-state index in [4.69, 9.17) is 9.40 Å². The first kappa shape index (κ1) is 20.7. The van der Waals surface area contributed by atoms with Crippen molar-refractivity contribution >= 4 is 6.03 Å². The van der Waals surface area contributed by atoms with Gasteiger partial charge in [0.1, 0.15) is 11.5 Å². The molecule has 3 aromatic rings. The van der Waals surface area contributed by atoms with Gasteiger partial charge in [0.15, 0.2) is 5.76 Å². The van der Waals surface area contributed by atoms with Gasteiger partial charge in [0, 0.05) is 37.3 Å². The summed E-state index contributed by atoms with van der Waals surface area (Å²) in [6.45, 7) is 5.20. The number of rotatable bonds is 6. The van der Waals surface area contributed by atoms with Crippen molar-refractivity contribution in [2.75, 3.05) is 19.6 Å². The first-order valence-corrected chi connectivity index (χ1v) is 11.3. The number of benzene rings is 1. The van der Waals surface area contributed by atoms with Crippen LogP contribution in [0.1, 0.15) is 35.8 Å². The van der Waals surface area contributed by atoms with Gasteiger partial charge in [-0.2, -0.15) is 0 Å². The molecular weight excluding hydrogens is 402 g/mol. The van der Waals surface area contributed by atoms with Crippen molar-refractivity contribution in [1.82, 2.24) is 25.5 Å². The molecule has 2 bridgehead atoms. The van der Waals surface area contributed by atoms with Crippen molar-refractivity contribution in [3.8, 4) is 11.5 Å². The second-order valence-electron chi connectivity index (χ2n) is 8.79. The number of piperidine rings is 3. The fourth-order valence-corrected chi connectivity index (χ4v) is 5.07. The van der Waals surface area contributed by atoms with Gasteiger partial charge < -0.3 is 15.1 Å². The number of nitrogens with zero attached hydrogens (tertiary/aromatic N) is 3. The zero-order valence-electron chi connectivity index (χ0n) is 18.3. The number of furan rings is 1. The average Bonchev–Trinajstić information content (AvgIpc) is 3.37. The molecule has 2 aromatic heterocycles. The van der Waals surface area contributed by atoms with Gasteiger partial charge in [-0.05, 0) is 56.0 Å². The summed E-state index contributed by atoms with van der Waals surface area (Å²) in [4.78, 5) is 24.1. The van der Waals surface area contributed by atoms with Crippen LogP contribution in [0.5, 0.6) is 0 Å². The lowest BCUT2D eigenvalue weighted by Crippen LogP contribution is -2.56. The predicted molar refractivity (Wildman–Crippen MR) is 122 cm³/mol. The first-order valence-electron chi connectivity index (χ1n) is 11.3. The Bertz CT molecular complexity index is 1050. The molecule has 5 heterocycles. The fraction of sp³-hybridized carbons (Fsp3) is 0.400. The van der Waals surface area contributed by atoms with Crippen LogP contribution in [0.15, 0.2) is 59.2 Å². The second-order valence-corrected chi connectivity index (χ2v) is 8.79. The highest BCUT2D eigenvalue weighted by molar-refractivity contribution is 5.73. The Labute approximate surface area is 188 Å². The number of aromatic nitrogens is 2. The monoisotopic (exact) mass is 431 g/mol. The van der Waals surface area contributed by atoms with Crippen LogP contribution in [0.4, 0.5) is 4.79 Å². The Morgan fingerprint density at radius 3 is 2.78 bits per heavy atom. The number of amides is 2. The van der Waals surface area contributed by atoms with Crippen molar-refractivity contribution in [1.29, 1.82) is 0 Å². The molecule has 3 aliphatic rings. The molecule has 32 heavy (non-hydrogen) atoms. The zero-order valence-corrected chi connectivity index (χ0v) is 18.3. The minimum absolute atomic E-state index is 0.109. The van der Waals surface area contributed by atoms with Gasteiger partial charge >= 0.3 is 6.03 Å². The Balaban J connectivity index is 1.18. The lowest BCUT2D eigenvalue weighted by Gasteiger charge is -2.49. The molecule has 3 aliphatic heterocycles. The van der Waals surface area contributed by atoms with Crippen LogP contribution in [0.2, 0.25) is 0 Å². The van der Waals surface area contributed by atoms with Crippen molar-refractivity contribution in [3.63, 3.8) is 0 Å². The third kappa shape index (κ3) is 4.53. The van der Waals surface area contributed by atoms with E-state index in [0.29, 0.717) is 31.0 Å². The summed E-state index contributed by atoms with van der Waals surface area (Å²) >= 11 is 0. The summed E-state index contributed by atoms with van der Waals surface area (Å²) in [6, 6.07) is 16.1. The fourth-order valence-electron chi connectivity index (χ4n) is 5.07. The topological polar surface area (TPSA) is 83.3 Å². The Hall–Kier alpha value is -3.19. The molecule has 1 aromatic carbocycles. The molecule has 2 amide bonds. The lowest BCUT2D eigenvalue weighted by atomic mass is 9.74.